The van der Waals surface area contributed by atoms with Gasteiger partial charge in [-0.15, -0.1) is 0 Å². The second-order valence-electron chi connectivity index (χ2n) is 4.78. The first-order valence-electron chi connectivity index (χ1n) is 5.55. The lowest BCUT2D eigenvalue weighted by Gasteiger charge is -2.18. The fraction of sp³-hybridized carbons (Fsp3) is 0.357. The van der Waals surface area contributed by atoms with E-state index in [4.69, 9.17) is 4.74 Å². The van der Waals surface area contributed by atoms with Crippen LogP contribution in [0.5, 0.6) is 0 Å². The first kappa shape index (κ1) is 13.3. The zero-order valence-electron chi connectivity index (χ0n) is 10.4. The summed E-state index contributed by atoms with van der Waals surface area (Å²) in [5.41, 5.74) is 0.439. The molecule has 1 aromatic rings. The molecule has 17 heavy (non-hydrogen) atoms. The molecule has 0 radical (unpaired) electrons. The molecule has 3 heteroatoms. The van der Waals surface area contributed by atoms with E-state index in [0.29, 0.717) is 6.42 Å². The number of rotatable bonds is 3. The number of aliphatic hydroxyl groups excluding tert-OH is 1. The molecule has 0 unspecified atom stereocenters. The second kappa shape index (κ2) is 5.53. The van der Waals surface area contributed by atoms with Crippen LogP contribution in [-0.2, 0) is 16.0 Å². The highest BCUT2D eigenvalue weighted by molar-refractivity contribution is 5.86. The van der Waals surface area contributed by atoms with Gasteiger partial charge in [0.2, 0.25) is 0 Å². The third kappa shape index (κ3) is 5.20. The summed E-state index contributed by atoms with van der Waals surface area (Å²) < 4.78 is 5.03. The number of hydrogen-bond acceptors (Lipinski definition) is 3. The van der Waals surface area contributed by atoms with Crippen LogP contribution in [0.3, 0.4) is 0 Å². The first-order chi connectivity index (χ1) is 7.88. The monoisotopic (exact) mass is 234 g/mol. The van der Waals surface area contributed by atoms with E-state index < -0.39 is 11.6 Å². The van der Waals surface area contributed by atoms with Gasteiger partial charge in [-0.3, -0.25) is 0 Å². The normalized spacial score (nSPS) is 12.3. The number of esters is 1. The van der Waals surface area contributed by atoms with Crippen LogP contribution >= 0.6 is 0 Å². The first-order valence-corrected chi connectivity index (χ1v) is 5.55. The molecule has 0 aromatic heterocycles. The maximum absolute atomic E-state index is 11.4. The van der Waals surface area contributed by atoms with Crippen molar-refractivity contribution in [1.82, 2.24) is 0 Å². The van der Waals surface area contributed by atoms with E-state index in [0.717, 1.165) is 5.56 Å². The summed E-state index contributed by atoms with van der Waals surface area (Å²) in [7, 11) is 0. The topological polar surface area (TPSA) is 46.5 Å². The van der Waals surface area contributed by atoms with Gasteiger partial charge >= 0.3 is 5.97 Å². The second-order valence-corrected chi connectivity index (χ2v) is 4.78. The van der Waals surface area contributed by atoms with Crippen molar-refractivity contribution in [2.24, 2.45) is 0 Å². The average Bonchev–Trinajstić information content (AvgIpc) is 2.25. The van der Waals surface area contributed by atoms with Crippen molar-refractivity contribution < 1.29 is 14.6 Å². The lowest BCUT2D eigenvalue weighted by molar-refractivity contribution is -0.153. The van der Waals surface area contributed by atoms with Crippen LogP contribution < -0.4 is 0 Å². The maximum atomic E-state index is 11.4. The minimum atomic E-state index is -0.687. The quantitative estimate of drug-likeness (QED) is 0.497. The van der Waals surface area contributed by atoms with Crippen LogP contribution in [0.1, 0.15) is 26.3 Å². The van der Waals surface area contributed by atoms with E-state index in [1.807, 2.05) is 30.3 Å². The molecule has 0 atom stereocenters. The molecule has 1 aromatic carbocycles. The molecular weight excluding hydrogens is 216 g/mol. The molecule has 0 aliphatic carbocycles. The highest BCUT2D eigenvalue weighted by Crippen LogP contribution is 2.10. The van der Waals surface area contributed by atoms with Crippen molar-refractivity contribution in [2.75, 3.05) is 0 Å². The maximum Gasteiger partial charge on any atom is 0.373 e. The molecule has 0 spiro atoms. The summed E-state index contributed by atoms with van der Waals surface area (Å²) in [4.78, 5) is 11.4. The molecular formula is C14H18O3. The van der Waals surface area contributed by atoms with Gasteiger partial charge in [-0.05, 0) is 38.8 Å². The third-order valence-electron chi connectivity index (χ3n) is 1.98. The third-order valence-corrected chi connectivity index (χ3v) is 1.98. The van der Waals surface area contributed by atoms with Crippen LogP contribution in [0.25, 0.3) is 0 Å². The molecule has 0 fully saturated rings. The Kier molecular flexibility index (Phi) is 4.32. The van der Waals surface area contributed by atoms with E-state index in [9.17, 15) is 9.90 Å². The molecule has 0 heterocycles. The number of benzene rings is 1. The Morgan fingerprint density at radius 2 is 1.88 bits per heavy atom. The fourth-order valence-electron chi connectivity index (χ4n) is 1.24. The van der Waals surface area contributed by atoms with Crippen molar-refractivity contribution >= 4 is 5.97 Å². The Morgan fingerprint density at radius 1 is 1.29 bits per heavy atom. The Morgan fingerprint density at radius 3 is 2.41 bits per heavy atom. The predicted molar refractivity (Wildman–Crippen MR) is 66.7 cm³/mol. The summed E-state index contributed by atoms with van der Waals surface area (Å²) in [6, 6.07) is 9.60. The molecule has 0 aliphatic rings. The lowest BCUT2D eigenvalue weighted by Crippen LogP contribution is -2.24. The van der Waals surface area contributed by atoms with Crippen molar-refractivity contribution in [3.05, 3.63) is 47.7 Å². The largest absolute Gasteiger partial charge is 0.502 e. The van der Waals surface area contributed by atoms with Crippen LogP contribution in [0.4, 0.5) is 0 Å². The van der Waals surface area contributed by atoms with Crippen molar-refractivity contribution in [3.63, 3.8) is 0 Å². The summed E-state index contributed by atoms with van der Waals surface area (Å²) in [5, 5.41) is 9.53. The van der Waals surface area contributed by atoms with E-state index in [-0.39, 0.29) is 5.76 Å². The number of carbonyl (C=O) groups excluding carboxylic acids is 1. The Bertz CT molecular complexity index is 399. The van der Waals surface area contributed by atoms with Gasteiger partial charge in [0, 0.05) is 0 Å². The standard InChI is InChI=1S/C14H18O3/c1-14(2,3)17-13(16)12(15)10-9-11-7-5-4-6-8-11/h4-8,10,15H,9H2,1-3H3/b12-10+. The van der Waals surface area contributed by atoms with Crippen LogP contribution in [0.2, 0.25) is 0 Å². The van der Waals surface area contributed by atoms with Gasteiger partial charge in [0.15, 0.2) is 5.76 Å². The molecule has 0 amide bonds. The van der Waals surface area contributed by atoms with Gasteiger partial charge in [0.05, 0.1) is 0 Å². The van der Waals surface area contributed by atoms with Crippen molar-refractivity contribution in [3.8, 4) is 0 Å². The smallest absolute Gasteiger partial charge is 0.373 e. The number of hydrogen-bond donors (Lipinski definition) is 1. The fourth-order valence-corrected chi connectivity index (χ4v) is 1.24. The zero-order valence-corrected chi connectivity index (χ0v) is 10.4. The van der Waals surface area contributed by atoms with E-state index >= 15 is 0 Å². The van der Waals surface area contributed by atoms with Gasteiger partial charge in [0.1, 0.15) is 5.60 Å². The van der Waals surface area contributed by atoms with E-state index in [1.165, 1.54) is 6.08 Å². The molecule has 0 saturated carbocycles. The number of allylic oxidation sites excluding steroid dienone is 1. The van der Waals surface area contributed by atoms with Gasteiger partial charge in [-0.1, -0.05) is 30.3 Å². The summed E-state index contributed by atoms with van der Waals surface area (Å²) in [6.07, 6.45) is 1.97. The Balaban J connectivity index is 2.58. The highest BCUT2D eigenvalue weighted by Gasteiger charge is 2.18. The van der Waals surface area contributed by atoms with Crippen LogP contribution in [-0.4, -0.2) is 16.7 Å². The number of aliphatic hydroxyl groups is 1. The molecule has 0 aliphatic heterocycles. The molecule has 0 bridgehead atoms. The molecule has 0 saturated heterocycles. The molecule has 1 N–H and O–H groups in total. The number of carbonyl (C=O) groups is 1. The van der Waals surface area contributed by atoms with Crippen molar-refractivity contribution in [1.29, 1.82) is 0 Å². The van der Waals surface area contributed by atoms with Gasteiger partial charge < -0.3 is 9.84 Å². The Hall–Kier alpha value is -1.77. The van der Waals surface area contributed by atoms with E-state index in [2.05, 4.69) is 0 Å². The van der Waals surface area contributed by atoms with Gasteiger partial charge in [0.25, 0.3) is 0 Å². The Labute approximate surface area is 102 Å². The van der Waals surface area contributed by atoms with E-state index in [1.54, 1.807) is 20.8 Å². The lowest BCUT2D eigenvalue weighted by atomic mass is 10.1. The summed E-state index contributed by atoms with van der Waals surface area (Å²) >= 11 is 0. The molecule has 92 valence electrons. The number of ether oxygens (including phenoxy) is 1. The minimum absolute atomic E-state index is 0.344. The van der Waals surface area contributed by atoms with Gasteiger partial charge in [-0.25, -0.2) is 4.79 Å². The summed E-state index contributed by atoms with van der Waals surface area (Å²) in [6.45, 7) is 5.28. The predicted octanol–water partition coefficient (Wildman–Crippen LogP) is 3.01. The van der Waals surface area contributed by atoms with Gasteiger partial charge in [-0.2, -0.15) is 0 Å². The minimum Gasteiger partial charge on any atom is -0.502 e. The highest BCUT2D eigenvalue weighted by atomic mass is 16.6. The zero-order chi connectivity index (χ0) is 12.9. The molecule has 3 nitrogen and oxygen atoms in total. The average molecular weight is 234 g/mol. The molecule has 1 rings (SSSR count). The van der Waals surface area contributed by atoms with Crippen molar-refractivity contribution in [2.45, 2.75) is 32.8 Å². The van der Waals surface area contributed by atoms with Crippen LogP contribution in [0.15, 0.2) is 42.2 Å². The SMILES string of the molecule is CC(C)(C)OC(=O)/C(O)=C\Cc1ccccc1. The van der Waals surface area contributed by atoms with Crippen LogP contribution in [0, 0.1) is 0 Å². The summed E-state index contributed by atoms with van der Waals surface area (Å²) in [5.74, 6) is -1.03.